The highest BCUT2D eigenvalue weighted by molar-refractivity contribution is 6.36. The highest BCUT2D eigenvalue weighted by atomic mass is 19.1. The number of anilines is 2. The SMILES string of the molecule is CCN1CCN(c2ccc(NC3=C(c4ccc(F)cc4)C(=O)N(C)C3=O)cc2)CC1. The average molecular weight is 408 g/mol. The third-order valence-corrected chi connectivity index (χ3v) is 5.74. The maximum absolute atomic E-state index is 13.3. The lowest BCUT2D eigenvalue weighted by atomic mass is 10.0. The Hall–Kier alpha value is -3.19. The van der Waals surface area contributed by atoms with Crippen LogP contribution in [0.15, 0.2) is 54.2 Å². The summed E-state index contributed by atoms with van der Waals surface area (Å²) in [7, 11) is 1.45. The average Bonchev–Trinajstić information content (AvgIpc) is 2.99. The third kappa shape index (κ3) is 3.80. The topological polar surface area (TPSA) is 55.9 Å². The minimum absolute atomic E-state index is 0.207. The van der Waals surface area contributed by atoms with Crippen LogP contribution < -0.4 is 10.2 Å². The Morgan fingerprint density at radius 2 is 1.53 bits per heavy atom. The van der Waals surface area contributed by atoms with E-state index in [-0.39, 0.29) is 11.3 Å². The van der Waals surface area contributed by atoms with E-state index in [4.69, 9.17) is 0 Å². The summed E-state index contributed by atoms with van der Waals surface area (Å²) in [6, 6.07) is 13.4. The quantitative estimate of drug-likeness (QED) is 0.771. The molecular formula is C23H25FN4O2. The second kappa shape index (κ2) is 8.28. The number of carbonyl (C=O) groups excluding carboxylic acids is 2. The van der Waals surface area contributed by atoms with Gasteiger partial charge in [-0.15, -0.1) is 0 Å². The molecule has 2 aromatic rings. The molecule has 0 saturated carbocycles. The van der Waals surface area contributed by atoms with Crippen molar-refractivity contribution in [1.29, 1.82) is 0 Å². The van der Waals surface area contributed by atoms with Crippen molar-refractivity contribution >= 4 is 28.8 Å². The maximum Gasteiger partial charge on any atom is 0.277 e. The van der Waals surface area contributed by atoms with Gasteiger partial charge in [-0.25, -0.2) is 4.39 Å². The summed E-state index contributed by atoms with van der Waals surface area (Å²) >= 11 is 0. The lowest BCUT2D eigenvalue weighted by molar-refractivity contribution is -0.135. The molecule has 2 heterocycles. The zero-order chi connectivity index (χ0) is 21.3. The summed E-state index contributed by atoms with van der Waals surface area (Å²) < 4.78 is 13.3. The van der Waals surface area contributed by atoms with Gasteiger partial charge in [-0.2, -0.15) is 0 Å². The summed E-state index contributed by atoms with van der Waals surface area (Å²) in [6.07, 6.45) is 0. The first kappa shape index (κ1) is 20.1. The number of hydrogen-bond acceptors (Lipinski definition) is 5. The number of likely N-dealkylation sites (N-methyl/N-ethyl adjacent to an activating group) is 2. The van der Waals surface area contributed by atoms with Crippen molar-refractivity contribution in [2.45, 2.75) is 6.92 Å². The zero-order valence-electron chi connectivity index (χ0n) is 17.2. The predicted molar refractivity (Wildman–Crippen MR) is 115 cm³/mol. The smallest absolute Gasteiger partial charge is 0.277 e. The first-order chi connectivity index (χ1) is 14.5. The fourth-order valence-electron chi connectivity index (χ4n) is 3.86. The van der Waals surface area contributed by atoms with Crippen LogP contribution in [-0.4, -0.2) is 61.4 Å². The lowest BCUT2D eigenvalue weighted by Gasteiger charge is -2.35. The number of amides is 2. The second-order valence-electron chi connectivity index (χ2n) is 7.52. The Balaban J connectivity index is 1.56. The van der Waals surface area contributed by atoms with Crippen LogP contribution in [0.1, 0.15) is 12.5 Å². The van der Waals surface area contributed by atoms with Crippen LogP contribution in [0.3, 0.4) is 0 Å². The van der Waals surface area contributed by atoms with Crippen molar-refractivity contribution in [1.82, 2.24) is 9.80 Å². The van der Waals surface area contributed by atoms with Gasteiger partial charge in [0.15, 0.2) is 0 Å². The van der Waals surface area contributed by atoms with Gasteiger partial charge in [0.05, 0.1) is 5.57 Å². The van der Waals surface area contributed by atoms with Gasteiger partial charge < -0.3 is 15.1 Å². The number of imide groups is 1. The summed E-state index contributed by atoms with van der Waals surface area (Å²) in [5, 5.41) is 3.11. The molecule has 2 aliphatic rings. The Labute approximate surface area is 175 Å². The molecule has 0 radical (unpaired) electrons. The summed E-state index contributed by atoms with van der Waals surface area (Å²) in [5.74, 6) is -1.20. The van der Waals surface area contributed by atoms with Crippen LogP contribution in [0.4, 0.5) is 15.8 Å². The number of nitrogens with zero attached hydrogens (tertiary/aromatic N) is 3. The summed E-state index contributed by atoms with van der Waals surface area (Å²) in [6.45, 7) is 7.32. The van der Waals surface area contributed by atoms with Gasteiger partial charge in [0.2, 0.25) is 0 Å². The maximum atomic E-state index is 13.3. The van der Waals surface area contributed by atoms with Gasteiger partial charge in [-0.3, -0.25) is 14.5 Å². The molecule has 0 aliphatic carbocycles. The van der Waals surface area contributed by atoms with E-state index in [0.29, 0.717) is 5.56 Å². The van der Waals surface area contributed by atoms with Crippen LogP contribution >= 0.6 is 0 Å². The van der Waals surface area contributed by atoms with Crippen molar-refractivity contribution in [3.63, 3.8) is 0 Å². The standard InChI is InChI=1S/C23H25FN4O2/c1-3-27-12-14-28(15-13-27)19-10-8-18(9-11-19)25-21-20(22(29)26(2)23(21)30)16-4-6-17(24)7-5-16/h4-11,25H,3,12-15H2,1-2H3. The van der Waals surface area contributed by atoms with Crippen molar-refractivity contribution in [3.05, 3.63) is 65.6 Å². The number of halogens is 1. The molecule has 30 heavy (non-hydrogen) atoms. The fourth-order valence-corrected chi connectivity index (χ4v) is 3.86. The molecule has 0 aromatic heterocycles. The van der Waals surface area contributed by atoms with Gasteiger partial charge in [0.25, 0.3) is 11.8 Å². The Kier molecular flexibility index (Phi) is 5.55. The molecule has 6 nitrogen and oxygen atoms in total. The van der Waals surface area contributed by atoms with E-state index in [1.165, 1.54) is 31.3 Å². The van der Waals surface area contributed by atoms with E-state index in [1.807, 2.05) is 24.3 Å². The second-order valence-corrected chi connectivity index (χ2v) is 7.52. The number of benzene rings is 2. The van der Waals surface area contributed by atoms with E-state index >= 15 is 0 Å². The van der Waals surface area contributed by atoms with Crippen LogP contribution in [0.25, 0.3) is 5.57 Å². The zero-order valence-corrected chi connectivity index (χ0v) is 17.2. The fraction of sp³-hybridized carbons (Fsp3) is 0.304. The Morgan fingerprint density at radius 3 is 2.13 bits per heavy atom. The first-order valence-electron chi connectivity index (χ1n) is 10.1. The summed E-state index contributed by atoms with van der Waals surface area (Å²) in [4.78, 5) is 31.1. The van der Waals surface area contributed by atoms with E-state index in [2.05, 4.69) is 22.0 Å². The minimum Gasteiger partial charge on any atom is -0.369 e. The molecule has 7 heteroatoms. The van der Waals surface area contributed by atoms with Gasteiger partial charge in [-0.1, -0.05) is 19.1 Å². The number of nitrogens with one attached hydrogen (secondary N) is 1. The van der Waals surface area contributed by atoms with Gasteiger partial charge >= 0.3 is 0 Å². The largest absolute Gasteiger partial charge is 0.369 e. The normalized spacial score (nSPS) is 17.8. The van der Waals surface area contributed by atoms with Crippen molar-refractivity contribution in [2.75, 3.05) is 50.0 Å². The predicted octanol–water partition coefficient (Wildman–Crippen LogP) is 2.79. The molecule has 1 N–H and O–H groups in total. The summed E-state index contributed by atoms with van der Waals surface area (Å²) in [5.41, 5.74) is 2.82. The molecule has 1 saturated heterocycles. The molecule has 1 fully saturated rings. The number of rotatable bonds is 5. The molecule has 0 spiro atoms. The van der Waals surface area contributed by atoms with Gasteiger partial charge in [0, 0.05) is 44.6 Å². The van der Waals surface area contributed by atoms with Gasteiger partial charge in [0.1, 0.15) is 11.5 Å². The monoisotopic (exact) mass is 408 g/mol. The third-order valence-electron chi connectivity index (χ3n) is 5.74. The number of piperazine rings is 1. The van der Waals surface area contributed by atoms with E-state index in [1.54, 1.807) is 0 Å². The van der Waals surface area contributed by atoms with E-state index in [9.17, 15) is 14.0 Å². The van der Waals surface area contributed by atoms with Crippen molar-refractivity contribution in [2.24, 2.45) is 0 Å². The van der Waals surface area contributed by atoms with Crippen LogP contribution in [-0.2, 0) is 9.59 Å². The van der Waals surface area contributed by atoms with Crippen molar-refractivity contribution < 1.29 is 14.0 Å². The Morgan fingerprint density at radius 1 is 0.900 bits per heavy atom. The molecule has 2 aromatic carbocycles. The minimum atomic E-state index is -0.404. The van der Waals surface area contributed by atoms with Gasteiger partial charge in [-0.05, 0) is 48.5 Å². The molecule has 0 atom stereocenters. The Bertz CT molecular complexity index is 977. The molecule has 156 valence electrons. The lowest BCUT2D eigenvalue weighted by Crippen LogP contribution is -2.46. The first-order valence-corrected chi connectivity index (χ1v) is 10.1. The molecule has 2 aliphatic heterocycles. The molecular weight excluding hydrogens is 383 g/mol. The number of carbonyl (C=O) groups is 2. The highest BCUT2D eigenvalue weighted by Gasteiger charge is 2.36. The highest BCUT2D eigenvalue weighted by Crippen LogP contribution is 2.30. The molecule has 2 amide bonds. The number of hydrogen-bond donors (Lipinski definition) is 1. The van der Waals surface area contributed by atoms with Crippen LogP contribution in [0.5, 0.6) is 0 Å². The van der Waals surface area contributed by atoms with E-state index < -0.39 is 17.6 Å². The van der Waals surface area contributed by atoms with E-state index in [0.717, 1.165) is 49.0 Å². The van der Waals surface area contributed by atoms with Crippen LogP contribution in [0, 0.1) is 5.82 Å². The van der Waals surface area contributed by atoms with Crippen molar-refractivity contribution in [3.8, 4) is 0 Å². The molecule has 0 unspecified atom stereocenters. The molecule has 4 rings (SSSR count). The van der Waals surface area contributed by atoms with Crippen LogP contribution in [0.2, 0.25) is 0 Å². The molecule has 0 bridgehead atoms.